The molecule has 2 aromatic rings. The second kappa shape index (κ2) is 9.42. The van der Waals surface area contributed by atoms with Gasteiger partial charge in [0.15, 0.2) is 11.9 Å². The molecule has 1 atom stereocenters. The molecular weight excluding hydrogens is 352 g/mol. The van der Waals surface area contributed by atoms with Crippen molar-refractivity contribution in [2.24, 2.45) is 0 Å². The van der Waals surface area contributed by atoms with Gasteiger partial charge < -0.3 is 19.5 Å². The monoisotopic (exact) mass is 374 g/mol. The summed E-state index contributed by atoms with van der Waals surface area (Å²) in [6.45, 7) is 1.96. The highest BCUT2D eigenvalue weighted by atomic mass is 16.6. The number of nitro groups is 1. The molecule has 0 saturated carbocycles. The average Bonchev–Trinajstić information content (AvgIpc) is 2.68. The number of nitrogens with one attached hydrogen (secondary N) is 1. The van der Waals surface area contributed by atoms with Crippen LogP contribution in [-0.2, 0) is 11.2 Å². The Morgan fingerprint density at radius 2 is 1.74 bits per heavy atom. The second-order valence-corrected chi connectivity index (χ2v) is 5.74. The fraction of sp³-hybridized carbons (Fsp3) is 0.316. The molecule has 8 nitrogen and oxygen atoms in total. The lowest BCUT2D eigenvalue weighted by atomic mass is 10.1. The van der Waals surface area contributed by atoms with Crippen LogP contribution in [0.3, 0.4) is 0 Å². The van der Waals surface area contributed by atoms with E-state index in [1.54, 1.807) is 7.11 Å². The maximum atomic E-state index is 12.2. The number of amides is 1. The van der Waals surface area contributed by atoms with E-state index < -0.39 is 11.0 Å². The number of benzene rings is 2. The number of nitrogens with zero attached hydrogens (tertiary/aromatic N) is 1. The fourth-order valence-electron chi connectivity index (χ4n) is 2.38. The summed E-state index contributed by atoms with van der Waals surface area (Å²) in [5.41, 5.74) is 0.794. The number of methoxy groups -OCH3 is 2. The van der Waals surface area contributed by atoms with Crippen LogP contribution in [0.1, 0.15) is 12.5 Å². The molecule has 8 heteroatoms. The zero-order chi connectivity index (χ0) is 19.8. The molecule has 0 radical (unpaired) electrons. The summed E-state index contributed by atoms with van der Waals surface area (Å²) in [7, 11) is 3.02. The van der Waals surface area contributed by atoms with Crippen LogP contribution < -0.4 is 19.5 Å². The van der Waals surface area contributed by atoms with E-state index >= 15 is 0 Å². The number of hydrogen-bond acceptors (Lipinski definition) is 6. The number of rotatable bonds is 9. The molecule has 0 aliphatic heterocycles. The SMILES string of the molecule is COc1ccc(CCNC(=O)[C@H](C)Oc2ccc(OC)cc2[N+](=O)[O-])cc1. The highest BCUT2D eigenvalue weighted by molar-refractivity contribution is 5.80. The number of carbonyl (C=O) groups is 1. The van der Waals surface area contributed by atoms with Crippen molar-refractivity contribution in [3.8, 4) is 17.2 Å². The first-order chi connectivity index (χ1) is 12.9. The van der Waals surface area contributed by atoms with Crippen LogP contribution in [0.2, 0.25) is 0 Å². The molecule has 144 valence electrons. The van der Waals surface area contributed by atoms with Crippen molar-refractivity contribution in [1.29, 1.82) is 0 Å². The van der Waals surface area contributed by atoms with Crippen molar-refractivity contribution in [3.63, 3.8) is 0 Å². The van der Waals surface area contributed by atoms with Crippen LogP contribution in [0.4, 0.5) is 5.69 Å². The van der Waals surface area contributed by atoms with Crippen molar-refractivity contribution in [1.82, 2.24) is 5.32 Å². The molecule has 0 bridgehead atoms. The van der Waals surface area contributed by atoms with Gasteiger partial charge in [-0.15, -0.1) is 0 Å². The summed E-state index contributed by atoms with van der Waals surface area (Å²) >= 11 is 0. The van der Waals surface area contributed by atoms with Crippen LogP contribution in [0, 0.1) is 10.1 Å². The lowest BCUT2D eigenvalue weighted by Crippen LogP contribution is -2.37. The van der Waals surface area contributed by atoms with E-state index in [2.05, 4.69) is 5.32 Å². The van der Waals surface area contributed by atoms with E-state index in [1.165, 1.54) is 32.2 Å². The third-order valence-corrected chi connectivity index (χ3v) is 3.91. The summed E-state index contributed by atoms with van der Waals surface area (Å²) in [5, 5.41) is 13.9. The molecule has 2 aromatic carbocycles. The summed E-state index contributed by atoms with van der Waals surface area (Å²) in [5.74, 6) is 0.767. The smallest absolute Gasteiger partial charge is 0.314 e. The summed E-state index contributed by atoms with van der Waals surface area (Å²) in [4.78, 5) is 22.8. The summed E-state index contributed by atoms with van der Waals surface area (Å²) < 4.78 is 15.5. The third kappa shape index (κ3) is 5.60. The molecule has 0 saturated heterocycles. The number of carbonyl (C=O) groups excluding carboxylic acids is 1. The molecule has 27 heavy (non-hydrogen) atoms. The van der Waals surface area contributed by atoms with Crippen molar-refractivity contribution >= 4 is 11.6 Å². The largest absolute Gasteiger partial charge is 0.497 e. The lowest BCUT2D eigenvalue weighted by molar-refractivity contribution is -0.386. The Bertz CT molecular complexity index is 791. The molecule has 2 rings (SSSR count). The van der Waals surface area contributed by atoms with Crippen molar-refractivity contribution in [3.05, 3.63) is 58.1 Å². The van der Waals surface area contributed by atoms with E-state index in [4.69, 9.17) is 14.2 Å². The second-order valence-electron chi connectivity index (χ2n) is 5.74. The van der Waals surface area contributed by atoms with E-state index in [9.17, 15) is 14.9 Å². The van der Waals surface area contributed by atoms with Crippen molar-refractivity contribution in [2.75, 3.05) is 20.8 Å². The van der Waals surface area contributed by atoms with Gasteiger partial charge in [-0.3, -0.25) is 14.9 Å². The van der Waals surface area contributed by atoms with E-state index in [0.717, 1.165) is 11.3 Å². The Hall–Kier alpha value is -3.29. The lowest BCUT2D eigenvalue weighted by Gasteiger charge is -2.15. The summed E-state index contributed by atoms with van der Waals surface area (Å²) in [6.07, 6.45) is -0.238. The zero-order valence-electron chi connectivity index (χ0n) is 15.4. The topological polar surface area (TPSA) is 99.9 Å². The van der Waals surface area contributed by atoms with Crippen LogP contribution in [0.25, 0.3) is 0 Å². The number of nitro benzene ring substituents is 1. The van der Waals surface area contributed by atoms with Crippen LogP contribution >= 0.6 is 0 Å². The maximum Gasteiger partial charge on any atom is 0.314 e. The first kappa shape index (κ1) is 20.0. The quantitative estimate of drug-likeness (QED) is 0.535. The predicted octanol–water partition coefficient (Wildman–Crippen LogP) is 2.74. The highest BCUT2D eigenvalue weighted by Gasteiger charge is 2.21. The van der Waals surface area contributed by atoms with Gasteiger partial charge in [-0.05, 0) is 43.2 Å². The average molecular weight is 374 g/mol. The summed E-state index contributed by atoms with van der Waals surface area (Å²) in [6, 6.07) is 11.8. The Kier molecular flexibility index (Phi) is 6.99. The Morgan fingerprint density at radius 3 is 2.33 bits per heavy atom. The fourth-order valence-corrected chi connectivity index (χ4v) is 2.38. The van der Waals surface area contributed by atoms with Gasteiger partial charge in [0, 0.05) is 6.54 Å². The molecule has 0 spiro atoms. The molecule has 0 unspecified atom stereocenters. The number of hydrogen-bond donors (Lipinski definition) is 1. The maximum absolute atomic E-state index is 12.2. The van der Waals surface area contributed by atoms with Gasteiger partial charge in [0.2, 0.25) is 0 Å². The highest BCUT2D eigenvalue weighted by Crippen LogP contribution is 2.31. The number of ether oxygens (including phenoxy) is 3. The molecule has 0 fully saturated rings. The van der Waals surface area contributed by atoms with Gasteiger partial charge >= 0.3 is 5.69 Å². The van der Waals surface area contributed by atoms with Crippen LogP contribution in [0.5, 0.6) is 17.2 Å². The first-order valence-corrected chi connectivity index (χ1v) is 8.34. The van der Waals surface area contributed by atoms with Crippen LogP contribution in [0.15, 0.2) is 42.5 Å². The van der Waals surface area contributed by atoms with Gasteiger partial charge in [-0.25, -0.2) is 0 Å². The van der Waals surface area contributed by atoms with Crippen molar-refractivity contribution < 1.29 is 23.9 Å². The molecular formula is C19H22N2O6. The Morgan fingerprint density at radius 1 is 1.11 bits per heavy atom. The molecule has 0 aromatic heterocycles. The molecule has 0 aliphatic carbocycles. The first-order valence-electron chi connectivity index (χ1n) is 8.34. The normalized spacial score (nSPS) is 11.4. The van der Waals surface area contributed by atoms with Gasteiger partial charge in [-0.1, -0.05) is 12.1 Å². The van der Waals surface area contributed by atoms with Gasteiger partial charge in [-0.2, -0.15) is 0 Å². The minimum Gasteiger partial charge on any atom is -0.497 e. The van der Waals surface area contributed by atoms with E-state index in [0.29, 0.717) is 18.7 Å². The standard InChI is InChI=1S/C19H22N2O6/c1-13(27-18-9-8-16(26-3)12-17(18)21(23)24)19(22)20-11-10-14-4-6-15(25-2)7-5-14/h4-9,12-13H,10-11H2,1-3H3,(H,20,22)/t13-/m0/s1. The predicted molar refractivity (Wildman–Crippen MR) is 99.4 cm³/mol. The molecule has 1 N–H and O–H groups in total. The Balaban J connectivity index is 1.90. The van der Waals surface area contributed by atoms with Gasteiger partial charge in [0.05, 0.1) is 25.2 Å². The molecule has 0 heterocycles. The van der Waals surface area contributed by atoms with E-state index in [-0.39, 0.29) is 17.3 Å². The van der Waals surface area contributed by atoms with Gasteiger partial charge in [0.1, 0.15) is 11.5 Å². The van der Waals surface area contributed by atoms with Crippen LogP contribution in [-0.4, -0.2) is 37.7 Å². The Labute approximate surface area is 157 Å². The molecule has 1 amide bonds. The third-order valence-electron chi connectivity index (χ3n) is 3.91. The minimum absolute atomic E-state index is 0.0126. The minimum atomic E-state index is -0.882. The molecule has 0 aliphatic rings. The van der Waals surface area contributed by atoms with Crippen molar-refractivity contribution in [2.45, 2.75) is 19.4 Å². The van der Waals surface area contributed by atoms with Gasteiger partial charge in [0.25, 0.3) is 5.91 Å². The van der Waals surface area contributed by atoms with E-state index in [1.807, 2.05) is 24.3 Å². The zero-order valence-corrected chi connectivity index (χ0v) is 15.4.